The number of benzene rings is 1. The summed E-state index contributed by atoms with van der Waals surface area (Å²) in [6, 6.07) is 8.18. The fraction of sp³-hybridized carbons (Fsp3) is 0.550. The van der Waals surface area contributed by atoms with E-state index in [-0.39, 0.29) is 17.4 Å². The van der Waals surface area contributed by atoms with Crippen LogP contribution in [-0.4, -0.2) is 35.3 Å². The third kappa shape index (κ3) is 4.91. The minimum absolute atomic E-state index is 0.0187. The Morgan fingerprint density at radius 2 is 2.04 bits per heavy atom. The van der Waals surface area contributed by atoms with E-state index in [1.165, 1.54) is 5.56 Å². The van der Waals surface area contributed by atoms with Crippen molar-refractivity contribution < 1.29 is 14.1 Å². The van der Waals surface area contributed by atoms with Crippen molar-refractivity contribution in [2.45, 2.75) is 58.0 Å². The zero-order valence-corrected chi connectivity index (χ0v) is 15.7. The molecule has 0 spiro atoms. The second-order valence-corrected chi connectivity index (χ2v) is 7.78. The highest BCUT2D eigenvalue weighted by Crippen LogP contribution is 2.25. The first-order valence-electron chi connectivity index (χ1n) is 9.23. The molecule has 6 heteroatoms. The lowest BCUT2D eigenvalue weighted by atomic mass is 9.87. The van der Waals surface area contributed by atoms with E-state index in [1.807, 2.05) is 12.1 Å². The Morgan fingerprint density at radius 3 is 2.69 bits per heavy atom. The molecular weight excluding hydrogens is 330 g/mol. The number of nitrogens with zero attached hydrogens (tertiary/aromatic N) is 2. The highest BCUT2D eigenvalue weighted by Gasteiger charge is 2.17. The molecule has 1 aliphatic rings. The number of aromatic nitrogens is 2. The van der Waals surface area contributed by atoms with E-state index < -0.39 is 0 Å². The van der Waals surface area contributed by atoms with Gasteiger partial charge in [-0.05, 0) is 23.8 Å². The Kier molecular flexibility index (Phi) is 5.71. The number of carbonyl (C=O) groups excluding carboxylic acids is 1. The molecule has 0 radical (unpaired) electrons. The van der Waals surface area contributed by atoms with Crippen LogP contribution in [0.3, 0.4) is 0 Å². The van der Waals surface area contributed by atoms with E-state index in [0.29, 0.717) is 31.1 Å². The van der Waals surface area contributed by atoms with Crippen molar-refractivity contribution in [1.29, 1.82) is 0 Å². The molecule has 1 aliphatic heterocycles. The summed E-state index contributed by atoms with van der Waals surface area (Å²) in [4.78, 5) is 16.3. The average molecular weight is 357 g/mol. The van der Waals surface area contributed by atoms with Gasteiger partial charge < -0.3 is 14.6 Å². The molecule has 0 aliphatic carbocycles. The molecule has 1 aromatic carbocycles. The van der Waals surface area contributed by atoms with Gasteiger partial charge in [0, 0.05) is 31.6 Å². The van der Waals surface area contributed by atoms with Gasteiger partial charge in [0.1, 0.15) is 0 Å². The minimum Gasteiger partial charge on any atom is -0.376 e. The van der Waals surface area contributed by atoms with E-state index in [4.69, 9.17) is 9.26 Å². The van der Waals surface area contributed by atoms with Crippen LogP contribution in [0.15, 0.2) is 28.8 Å². The molecule has 1 N–H and O–H groups in total. The van der Waals surface area contributed by atoms with Crippen LogP contribution >= 0.6 is 0 Å². The van der Waals surface area contributed by atoms with Gasteiger partial charge in [-0.1, -0.05) is 50.2 Å². The standard InChI is InChI=1S/C20H27N3O3/c1-20(2,3)15-8-6-14(7-9-15)19-22-18(26-23-19)11-10-17(24)21-13-16-5-4-12-25-16/h6-9,16H,4-5,10-13H2,1-3H3,(H,21,24)/t16-/m0/s1. The summed E-state index contributed by atoms with van der Waals surface area (Å²) in [6.07, 6.45) is 3.01. The summed E-state index contributed by atoms with van der Waals surface area (Å²) in [5.41, 5.74) is 2.28. The number of ether oxygens (including phenoxy) is 1. The van der Waals surface area contributed by atoms with Crippen molar-refractivity contribution in [2.75, 3.05) is 13.2 Å². The maximum absolute atomic E-state index is 11.9. The SMILES string of the molecule is CC(C)(C)c1ccc(-c2noc(CCC(=O)NC[C@@H]3CCCO3)n2)cc1. The molecule has 0 bridgehead atoms. The number of nitrogens with one attached hydrogen (secondary N) is 1. The van der Waals surface area contributed by atoms with E-state index in [9.17, 15) is 4.79 Å². The number of hydrogen-bond donors (Lipinski definition) is 1. The van der Waals surface area contributed by atoms with Gasteiger partial charge in [-0.2, -0.15) is 4.98 Å². The van der Waals surface area contributed by atoms with Crippen molar-refractivity contribution in [3.8, 4) is 11.4 Å². The van der Waals surface area contributed by atoms with Crippen LogP contribution in [0.25, 0.3) is 11.4 Å². The molecule has 3 rings (SSSR count). The van der Waals surface area contributed by atoms with Gasteiger partial charge in [0.05, 0.1) is 6.10 Å². The second kappa shape index (κ2) is 7.99. The zero-order chi connectivity index (χ0) is 18.6. The fourth-order valence-corrected chi connectivity index (χ4v) is 2.93. The Hall–Kier alpha value is -2.21. The molecule has 140 valence electrons. The summed E-state index contributed by atoms with van der Waals surface area (Å²) in [5, 5.41) is 6.93. The Labute approximate surface area is 154 Å². The maximum atomic E-state index is 11.9. The second-order valence-electron chi connectivity index (χ2n) is 7.78. The molecule has 0 unspecified atom stereocenters. The molecule has 1 aromatic heterocycles. The molecule has 2 aromatic rings. The van der Waals surface area contributed by atoms with Gasteiger partial charge in [-0.25, -0.2) is 0 Å². The van der Waals surface area contributed by atoms with Crippen molar-refractivity contribution >= 4 is 5.91 Å². The largest absolute Gasteiger partial charge is 0.376 e. The third-order valence-corrected chi connectivity index (χ3v) is 4.59. The topological polar surface area (TPSA) is 77.2 Å². The normalized spacial score (nSPS) is 17.4. The van der Waals surface area contributed by atoms with Crippen molar-refractivity contribution in [3.63, 3.8) is 0 Å². The average Bonchev–Trinajstić information content (AvgIpc) is 3.29. The summed E-state index contributed by atoms with van der Waals surface area (Å²) in [7, 11) is 0. The quantitative estimate of drug-likeness (QED) is 0.858. The number of aryl methyl sites for hydroxylation is 1. The zero-order valence-electron chi connectivity index (χ0n) is 15.7. The number of carbonyl (C=O) groups is 1. The molecule has 2 heterocycles. The molecule has 1 saturated heterocycles. The first-order valence-corrected chi connectivity index (χ1v) is 9.23. The Morgan fingerprint density at radius 1 is 1.27 bits per heavy atom. The van der Waals surface area contributed by atoms with Crippen LogP contribution < -0.4 is 5.32 Å². The third-order valence-electron chi connectivity index (χ3n) is 4.59. The lowest BCUT2D eigenvalue weighted by Gasteiger charge is -2.18. The van der Waals surface area contributed by atoms with Gasteiger partial charge in [0.25, 0.3) is 0 Å². The molecule has 6 nitrogen and oxygen atoms in total. The smallest absolute Gasteiger partial charge is 0.227 e. The molecule has 1 fully saturated rings. The Balaban J connectivity index is 1.50. The van der Waals surface area contributed by atoms with Crippen LogP contribution in [0.1, 0.15) is 51.5 Å². The molecule has 1 atom stereocenters. The lowest BCUT2D eigenvalue weighted by molar-refractivity contribution is -0.121. The summed E-state index contributed by atoms with van der Waals surface area (Å²) >= 11 is 0. The van der Waals surface area contributed by atoms with E-state index in [1.54, 1.807) is 0 Å². The summed E-state index contributed by atoms with van der Waals surface area (Å²) in [5.74, 6) is 1.02. The van der Waals surface area contributed by atoms with Crippen molar-refractivity contribution in [1.82, 2.24) is 15.5 Å². The number of amides is 1. The monoisotopic (exact) mass is 357 g/mol. The van der Waals surface area contributed by atoms with Crippen LogP contribution in [0.5, 0.6) is 0 Å². The predicted molar refractivity (Wildman–Crippen MR) is 98.7 cm³/mol. The van der Waals surface area contributed by atoms with Crippen molar-refractivity contribution in [3.05, 3.63) is 35.7 Å². The molecule has 1 amide bonds. The van der Waals surface area contributed by atoms with Crippen LogP contribution in [0.4, 0.5) is 0 Å². The van der Waals surface area contributed by atoms with E-state index >= 15 is 0 Å². The van der Waals surface area contributed by atoms with Gasteiger partial charge in [-0.15, -0.1) is 0 Å². The van der Waals surface area contributed by atoms with Crippen LogP contribution in [0, 0.1) is 0 Å². The van der Waals surface area contributed by atoms with Gasteiger partial charge in [0.15, 0.2) is 0 Å². The molecule has 0 saturated carbocycles. The highest BCUT2D eigenvalue weighted by molar-refractivity contribution is 5.76. The predicted octanol–water partition coefficient (Wildman–Crippen LogP) is 3.26. The molecular formula is C20H27N3O3. The van der Waals surface area contributed by atoms with E-state index in [0.717, 1.165) is 25.0 Å². The fourth-order valence-electron chi connectivity index (χ4n) is 2.93. The number of rotatable bonds is 6. The van der Waals surface area contributed by atoms with E-state index in [2.05, 4.69) is 48.4 Å². The maximum Gasteiger partial charge on any atom is 0.227 e. The first-order chi connectivity index (χ1) is 12.4. The lowest BCUT2D eigenvalue weighted by Crippen LogP contribution is -2.31. The van der Waals surface area contributed by atoms with Crippen LogP contribution in [-0.2, 0) is 21.4 Å². The Bertz CT molecular complexity index is 726. The van der Waals surface area contributed by atoms with Gasteiger partial charge in [0.2, 0.25) is 17.6 Å². The highest BCUT2D eigenvalue weighted by atomic mass is 16.5. The van der Waals surface area contributed by atoms with Crippen LogP contribution in [0.2, 0.25) is 0 Å². The summed E-state index contributed by atoms with van der Waals surface area (Å²) in [6.45, 7) is 7.91. The van der Waals surface area contributed by atoms with Crippen molar-refractivity contribution in [2.24, 2.45) is 0 Å². The summed E-state index contributed by atoms with van der Waals surface area (Å²) < 4.78 is 10.8. The van der Waals surface area contributed by atoms with Gasteiger partial charge >= 0.3 is 0 Å². The molecule has 26 heavy (non-hydrogen) atoms. The first kappa shape index (κ1) is 18.6. The van der Waals surface area contributed by atoms with Gasteiger partial charge in [-0.3, -0.25) is 4.79 Å². The number of hydrogen-bond acceptors (Lipinski definition) is 5. The minimum atomic E-state index is -0.0187.